The quantitative estimate of drug-likeness (QED) is 0.704. The number of ether oxygens (including phenoxy) is 2. The first-order chi connectivity index (χ1) is 13.7. The molecule has 0 spiro atoms. The number of rotatable bonds is 7. The third kappa shape index (κ3) is 7.17. The Morgan fingerprint density at radius 1 is 1.29 bits per heavy atom. The molecule has 0 amide bonds. The Hall–Kier alpha value is -2.64. The van der Waals surface area contributed by atoms with E-state index >= 15 is 0 Å². The predicted molar refractivity (Wildman–Crippen MR) is 105 cm³/mol. The lowest BCUT2D eigenvalue weighted by molar-refractivity contribution is -0.122. The third-order valence-corrected chi connectivity index (χ3v) is 4.58. The molecule has 0 bridgehead atoms. The lowest BCUT2D eigenvalue weighted by Crippen LogP contribution is -2.36. The van der Waals surface area contributed by atoms with Crippen molar-refractivity contribution in [2.45, 2.75) is 26.0 Å². The van der Waals surface area contributed by atoms with Crippen molar-refractivity contribution in [1.29, 1.82) is 0 Å². The Bertz CT molecular complexity index is 725. The molecule has 0 aliphatic carbocycles. The fourth-order valence-corrected chi connectivity index (χ4v) is 3.25. The highest BCUT2D eigenvalue weighted by atomic mass is 16.5. The van der Waals surface area contributed by atoms with Crippen molar-refractivity contribution in [3.8, 4) is 11.5 Å². The van der Waals surface area contributed by atoms with Crippen LogP contribution in [-0.2, 0) is 17.9 Å². The summed E-state index contributed by atoms with van der Waals surface area (Å²) >= 11 is 0. The minimum Gasteiger partial charge on any atom is -0.497 e. The molecule has 1 aliphatic rings. The van der Waals surface area contributed by atoms with Crippen LogP contribution in [-0.4, -0.2) is 53.4 Å². The van der Waals surface area contributed by atoms with Gasteiger partial charge in [-0.2, -0.15) is 0 Å². The van der Waals surface area contributed by atoms with Gasteiger partial charge in [0.15, 0.2) is 0 Å². The molecule has 2 N–H and O–H groups in total. The highest BCUT2D eigenvalue weighted by Gasteiger charge is 2.19. The van der Waals surface area contributed by atoms with Crippen molar-refractivity contribution >= 4 is 6.47 Å². The van der Waals surface area contributed by atoms with Crippen LogP contribution >= 0.6 is 0 Å². The molecule has 152 valence electrons. The summed E-state index contributed by atoms with van der Waals surface area (Å²) in [5.74, 6) is 2.04. The minimum absolute atomic E-state index is 0.250. The van der Waals surface area contributed by atoms with E-state index < -0.39 is 0 Å². The second-order valence-corrected chi connectivity index (χ2v) is 6.65. The first kappa shape index (κ1) is 21.7. The smallest absolute Gasteiger partial charge is 0.290 e. The molecule has 1 unspecified atom stereocenters. The fourth-order valence-electron chi connectivity index (χ4n) is 3.25. The second-order valence-electron chi connectivity index (χ2n) is 6.65. The van der Waals surface area contributed by atoms with E-state index in [1.165, 1.54) is 5.56 Å². The van der Waals surface area contributed by atoms with Crippen molar-refractivity contribution < 1.29 is 24.5 Å². The van der Waals surface area contributed by atoms with Crippen LogP contribution in [0, 0.1) is 5.92 Å². The molecule has 28 heavy (non-hydrogen) atoms. The van der Waals surface area contributed by atoms with Gasteiger partial charge in [0.2, 0.25) is 0 Å². The first-order valence-corrected chi connectivity index (χ1v) is 9.30. The van der Waals surface area contributed by atoms with Gasteiger partial charge in [0.1, 0.15) is 18.1 Å². The molecule has 0 saturated carbocycles. The number of hydrogen-bond donors (Lipinski definition) is 2. The van der Waals surface area contributed by atoms with Crippen LogP contribution in [0.25, 0.3) is 0 Å². The summed E-state index contributed by atoms with van der Waals surface area (Å²) in [5, 5.41) is 16.3. The van der Waals surface area contributed by atoms with Gasteiger partial charge < -0.3 is 19.7 Å². The summed E-state index contributed by atoms with van der Waals surface area (Å²) in [5.41, 5.74) is 2.07. The van der Waals surface area contributed by atoms with Crippen LogP contribution in [0.5, 0.6) is 11.5 Å². The van der Waals surface area contributed by atoms with Gasteiger partial charge in [0.25, 0.3) is 6.47 Å². The molecule has 0 radical (unpaired) electrons. The molecule has 1 saturated heterocycles. The van der Waals surface area contributed by atoms with E-state index in [1.54, 1.807) is 13.3 Å². The van der Waals surface area contributed by atoms with Crippen LogP contribution in [0.1, 0.15) is 24.1 Å². The molecule has 1 aliphatic heterocycles. The van der Waals surface area contributed by atoms with Crippen molar-refractivity contribution in [2.24, 2.45) is 5.92 Å². The van der Waals surface area contributed by atoms with E-state index in [2.05, 4.69) is 22.0 Å². The van der Waals surface area contributed by atoms with Crippen LogP contribution < -0.4 is 9.47 Å². The fraction of sp³-hybridized carbons (Fsp3) is 0.429. The van der Waals surface area contributed by atoms with Crippen LogP contribution in [0.15, 0.2) is 42.6 Å². The number of aliphatic hydroxyl groups excluding tert-OH is 1. The second kappa shape index (κ2) is 11.9. The lowest BCUT2D eigenvalue weighted by atomic mass is 9.98. The van der Waals surface area contributed by atoms with Gasteiger partial charge >= 0.3 is 0 Å². The predicted octanol–water partition coefficient (Wildman–Crippen LogP) is 2.57. The number of aliphatic hydroxyl groups is 1. The largest absolute Gasteiger partial charge is 0.497 e. The third-order valence-electron chi connectivity index (χ3n) is 4.58. The summed E-state index contributed by atoms with van der Waals surface area (Å²) in [4.78, 5) is 15.1. The molecular formula is C21H28N2O5. The van der Waals surface area contributed by atoms with Crippen molar-refractivity contribution in [1.82, 2.24) is 9.88 Å². The molecule has 2 heterocycles. The van der Waals surface area contributed by atoms with Gasteiger partial charge in [-0.3, -0.25) is 14.7 Å². The Kier molecular flexibility index (Phi) is 9.24. The van der Waals surface area contributed by atoms with Gasteiger partial charge in [0, 0.05) is 32.0 Å². The number of nitrogens with zero attached hydrogens (tertiary/aromatic N) is 2. The van der Waals surface area contributed by atoms with Gasteiger partial charge in [-0.25, -0.2) is 0 Å². The van der Waals surface area contributed by atoms with E-state index in [4.69, 9.17) is 19.4 Å². The van der Waals surface area contributed by atoms with Crippen LogP contribution in [0.2, 0.25) is 0 Å². The molecule has 7 heteroatoms. The molecular weight excluding hydrogens is 360 g/mol. The highest BCUT2D eigenvalue weighted by Crippen LogP contribution is 2.21. The van der Waals surface area contributed by atoms with E-state index in [1.807, 2.05) is 24.3 Å². The zero-order valence-corrected chi connectivity index (χ0v) is 16.2. The SMILES string of the molecule is COc1ccnc(COc2cccc(CN3CCCC(CO)C3)c2)c1.O=CO. The van der Waals surface area contributed by atoms with E-state index in [0.717, 1.165) is 49.7 Å². The van der Waals surface area contributed by atoms with Crippen molar-refractivity contribution in [3.05, 3.63) is 53.9 Å². The number of likely N-dealkylation sites (tertiary alicyclic amines) is 1. The summed E-state index contributed by atoms with van der Waals surface area (Å²) in [6.07, 6.45) is 4.01. The standard InChI is InChI=1S/C20H26N2O3.CH2O2/c1-24-19-7-8-21-18(11-19)15-25-20-6-2-4-16(10-20)12-22-9-3-5-17(13-22)14-23;2-1-3/h2,4,6-8,10-11,17,23H,3,5,9,12-15H2,1H3;1H,(H,2,3). The van der Waals surface area contributed by atoms with E-state index in [-0.39, 0.29) is 13.1 Å². The molecule has 1 aromatic carbocycles. The summed E-state index contributed by atoms with van der Waals surface area (Å²) < 4.78 is 11.1. The normalized spacial score (nSPS) is 16.6. The first-order valence-electron chi connectivity index (χ1n) is 9.30. The number of methoxy groups -OCH3 is 1. The van der Waals surface area contributed by atoms with Crippen LogP contribution in [0.4, 0.5) is 0 Å². The topological polar surface area (TPSA) is 92.1 Å². The number of carbonyl (C=O) groups is 1. The maximum atomic E-state index is 9.37. The van der Waals surface area contributed by atoms with Crippen molar-refractivity contribution in [2.75, 3.05) is 26.8 Å². The van der Waals surface area contributed by atoms with Crippen LogP contribution in [0.3, 0.4) is 0 Å². The van der Waals surface area contributed by atoms with Gasteiger partial charge in [-0.05, 0) is 49.1 Å². The number of pyridine rings is 1. The molecule has 2 aromatic rings. The Balaban J connectivity index is 0.000000878. The molecule has 1 atom stereocenters. The average molecular weight is 388 g/mol. The van der Waals surface area contributed by atoms with Gasteiger partial charge in [0.05, 0.1) is 12.8 Å². The maximum Gasteiger partial charge on any atom is 0.290 e. The lowest BCUT2D eigenvalue weighted by Gasteiger charge is -2.31. The number of benzene rings is 1. The Morgan fingerprint density at radius 2 is 2.11 bits per heavy atom. The number of piperidine rings is 1. The van der Waals surface area contributed by atoms with E-state index in [9.17, 15) is 5.11 Å². The highest BCUT2D eigenvalue weighted by molar-refractivity contribution is 5.32. The number of aromatic nitrogens is 1. The van der Waals surface area contributed by atoms with E-state index in [0.29, 0.717) is 12.5 Å². The molecule has 3 rings (SSSR count). The number of carboxylic acid groups (broad SMARTS) is 1. The summed E-state index contributed by atoms with van der Waals surface area (Å²) in [7, 11) is 1.64. The monoisotopic (exact) mass is 388 g/mol. The number of hydrogen-bond acceptors (Lipinski definition) is 6. The Labute approximate surface area is 165 Å². The summed E-state index contributed by atoms with van der Waals surface area (Å²) in [6, 6.07) is 11.9. The van der Waals surface area contributed by atoms with Gasteiger partial charge in [-0.15, -0.1) is 0 Å². The van der Waals surface area contributed by atoms with Gasteiger partial charge in [-0.1, -0.05) is 12.1 Å². The summed E-state index contributed by atoms with van der Waals surface area (Å²) in [6.45, 7) is 3.40. The van der Waals surface area contributed by atoms with Crippen molar-refractivity contribution in [3.63, 3.8) is 0 Å². The minimum atomic E-state index is -0.250. The zero-order valence-electron chi connectivity index (χ0n) is 16.2. The Morgan fingerprint density at radius 3 is 2.86 bits per heavy atom. The molecule has 7 nitrogen and oxygen atoms in total. The molecule has 1 aromatic heterocycles. The average Bonchev–Trinajstić information content (AvgIpc) is 2.73. The molecule has 1 fully saturated rings. The maximum absolute atomic E-state index is 9.37. The zero-order chi connectivity index (χ0) is 20.2.